The Morgan fingerprint density at radius 1 is 1.05 bits per heavy atom. The molecule has 20 heavy (non-hydrogen) atoms. The van der Waals surface area contributed by atoms with E-state index in [1.807, 2.05) is 12.1 Å². The molecule has 4 saturated carbocycles. The maximum absolute atomic E-state index is 12.2. The molecule has 4 aliphatic carbocycles. The molecule has 104 valence electrons. The molecule has 2 heteroatoms. The van der Waals surface area contributed by atoms with Gasteiger partial charge in [-0.05, 0) is 61.1 Å². The summed E-state index contributed by atoms with van der Waals surface area (Å²) in [5.74, 6) is 2.07. The van der Waals surface area contributed by atoms with Gasteiger partial charge < -0.3 is 0 Å². The van der Waals surface area contributed by atoms with Crippen LogP contribution in [0, 0.1) is 23.2 Å². The van der Waals surface area contributed by atoms with Crippen LogP contribution in [-0.4, -0.2) is 5.78 Å². The predicted molar refractivity (Wildman–Crippen MR) is 81.5 cm³/mol. The Kier molecular flexibility index (Phi) is 2.82. The maximum Gasteiger partial charge on any atom is 0.139 e. The molecular weight excluding hydrogens is 268 g/mol. The Bertz CT molecular complexity index is 554. The van der Waals surface area contributed by atoms with Crippen LogP contribution in [0.3, 0.4) is 0 Å². The SMILES string of the molecule is O=C1[C@@H]2CC3C[C@H]1CC(/C=C/c1ccc(Cl)cc1)(C3)C2. The van der Waals surface area contributed by atoms with Crippen molar-refractivity contribution in [2.45, 2.75) is 32.1 Å². The van der Waals surface area contributed by atoms with Crippen LogP contribution in [0.2, 0.25) is 5.02 Å². The molecule has 1 aromatic rings. The molecule has 0 N–H and O–H groups in total. The van der Waals surface area contributed by atoms with Crippen LogP contribution < -0.4 is 0 Å². The van der Waals surface area contributed by atoms with Gasteiger partial charge in [-0.1, -0.05) is 35.9 Å². The van der Waals surface area contributed by atoms with Gasteiger partial charge in [0.1, 0.15) is 5.78 Å². The van der Waals surface area contributed by atoms with Crippen molar-refractivity contribution in [2.75, 3.05) is 0 Å². The van der Waals surface area contributed by atoms with Gasteiger partial charge in [0.25, 0.3) is 0 Å². The summed E-state index contributed by atoms with van der Waals surface area (Å²) in [5.41, 5.74) is 1.50. The highest BCUT2D eigenvalue weighted by molar-refractivity contribution is 6.30. The van der Waals surface area contributed by atoms with Crippen LogP contribution in [0.4, 0.5) is 0 Å². The van der Waals surface area contributed by atoms with Crippen molar-refractivity contribution in [3.8, 4) is 0 Å². The van der Waals surface area contributed by atoms with E-state index in [4.69, 9.17) is 11.6 Å². The summed E-state index contributed by atoms with van der Waals surface area (Å²) < 4.78 is 0. The molecule has 4 fully saturated rings. The first-order valence-corrected chi connectivity index (χ1v) is 8.00. The lowest BCUT2D eigenvalue weighted by Gasteiger charge is -2.54. The number of benzene rings is 1. The molecule has 0 heterocycles. The van der Waals surface area contributed by atoms with Crippen LogP contribution in [0.25, 0.3) is 6.08 Å². The van der Waals surface area contributed by atoms with E-state index in [9.17, 15) is 4.79 Å². The van der Waals surface area contributed by atoms with E-state index in [-0.39, 0.29) is 0 Å². The highest BCUT2D eigenvalue weighted by Crippen LogP contribution is 2.59. The highest BCUT2D eigenvalue weighted by Gasteiger charge is 2.53. The maximum atomic E-state index is 12.2. The van der Waals surface area contributed by atoms with Gasteiger partial charge in [0.15, 0.2) is 0 Å². The number of rotatable bonds is 2. The van der Waals surface area contributed by atoms with Gasteiger partial charge in [0.05, 0.1) is 0 Å². The van der Waals surface area contributed by atoms with Crippen LogP contribution in [0.1, 0.15) is 37.7 Å². The average molecular weight is 287 g/mol. The zero-order chi connectivity index (χ0) is 13.7. The predicted octanol–water partition coefficient (Wildman–Crippen LogP) is 4.75. The summed E-state index contributed by atoms with van der Waals surface area (Å²) in [4.78, 5) is 12.2. The van der Waals surface area contributed by atoms with Crippen molar-refractivity contribution in [3.05, 3.63) is 40.9 Å². The minimum atomic E-state index is 0.296. The summed E-state index contributed by atoms with van der Waals surface area (Å²) in [7, 11) is 0. The summed E-state index contributed by atoms with van der Waals surface area (Å²) in [5, 5.41) is 0.780. The Hall–Kier alpha value is -1.08. The van der Waals surface area contributed by atoms with Crippen LogP contribution in [0.5, 0.6) is 0 Å². The molecule has 4 atom stereocenters. The second-order valence-electron chi connectivity index (χ2n) is 6.99. The zero-order valence-corrected chi connectivity index (χ0v) is 12.3. The Morgan fingerprint density at radius 3 is 2.35 bits per heavy atom. The summed E-state index contributed by atoms with van der Waals surface area (Å²) in [6, 6.07) is 7.99. The van der Waals surface area contributed by atoms with Gasteiger partial charge in [-0.25, -0.2) is 0 Å². The summed E-state index contributed by atoms with van der Waals surface area (Å²) in [6.45, 7) is 0. The number of ketones is 1. The van der Waals surface area contributed by atoms with Gasteiger partial charge in [-0.2, -0.15) is 0 Å². The lowest BCUT2D eigenvalue weighted by Crippen LogP contribution is -2.50. The van der Waals surface area contributed by atoms with E-state index in [1.165, 1.54) is 12.0 Å². The minimum absolute atomic E-state index is 0.296. The molecule has 0 aromatic heterocycles. The molecule has 0 radical (unpaired) electrons. The number of carbonyl (C=O) groups excluding carboxylic acids is 1. The quantitative estimate of drug-likeness (QED) is 0.767. The molecule has 0 aliphatic heterocycles. The Morgan fingerprint density at radius 2 is 1.70 bits per heavy atom. The fraction of sp³-hybridized carbons (Fsp3) is 0.500. The number of hydrogen-bond donors (Lipinski definition) is 0. The monoisotopic (exact) mass is 286 g/mol. The molecule has 4 bridgehead atoms. The van der Waals surface area contributed by atoms with Gasteiger partial charge in [-0.15, -0.1) is 0 Å². The smallest absolute Gasteiger partial charge is 0.139 e. The fourth-order valence-electron chi connectivity index (χ4n) is 4.86. The molecule has 5 rings (SSSR count). The number of carbonyl (C=O) groups is 1. The number of allylic oxidation sites excluding steroid dienone is 1. The van der Waals surface area contributed by atoms with Crippen LogP contribution in [-0.2, 0) is 4.79 Å². The topological polar surface area (TPSA) is 17.1 Å². The first-order valence-electron chi connectivity index (χ1n) is 7.62. The van der Waals surface area contributed by atoms with Crippen LogP contribution in [0.15, 0.2) is 30.3 Å². The summed E-state index contributed by atoms with van der Waals surface area (Å²) in [6.07, 6.45) is 10.4. The molecule has 2 unspecified atom stereocenters. The molecule has 4 aliphatic rings. The van der Waals surface area contributed by atoms with E-state index in [2.05, 4.69) is 24.3 Å². The molecule has 1 nitrogen and oxygen atoms in total. The van der Waals surface area contributed by atoms with Crippen molar-refractivity contribution in [3.63, 3.8) is 0 Å². The third-order valence-electron chi connectivity index (χ3n) is 5.54. The number of Topliss-reactive ketones (excluding diaryl/α,β-unsaturated/α-hetero) is 1. The molecular formula is C18H19ClO. The fourth-order valence-corrected chi connectivity index (χ4v) is 4.98. The van der Waals surface area contributed by atoms with E-state index < -0.39 is 0 Å². The first kappa shape index (κ1) is 12.6. The second-order valence-corrected chi connectivity index (χ2v) is 7.43. The Balaban J connectivity index is 1.59. The first-order chi connectivity index (χ1) is 9.63. The van der Waals surface area contributed by atoms with E-state index in [1.54, 1.807) is 0 Å². The summed E-state index contributed by atoms with van der Waals surface area (Å²) >= 11 is 5.92. The van der Waals surface area contributed by atoms with Gasteiger partial charge in [-0.3, -0.25) is 4.79 Å². The average Bonchev–Trinajstić information content (AvgIpc) is 2.43. The zero-order valence-electron chi connectivity index (χ0n) is 11.5. The second kappa shape index (κ2) is 4.46. The third-order valence-corrected chi connectivity index (χ3v) is 5.79. The Labute approximate surface area is 125 Å². The molecule has 0 saturated heterocycles. The van der Waals surface area contributed by atoms with Crippen molar-refractivity contribution in [1.82, 2.24) is 0 Å². The lowest BCUT2D eigenvalue weighted by molar-refractivity contribution is -0.143. The van der Waals surface area contributed by atoms with Gasteiger partial charge in [0.2, 0.25) is 0 Å². The van der Waals surface area contributed by atoms with E-state index >= 15 is 0 Å². The molecule has 0 spiro atoms. The minimum Gasteiger partial charge on any atom is -0.299 e. The van der Waals surface area contributed by atoms with E-state index in [0.717, 1.165) is 36.6 Å². The molecule has 0 amide bonds. The van der Waals surface area contributed by atoms with Crippen molar-refractivity contribution < 1.29 is 4.79 Å². The van der Waals surface area contributed by atoms with Gasteiger partial charge in [0, 0.05) is 16.9 Å². The van der Waals surface area contributed by atoms with Crippen molar-refractivity contribution >= 4 is 23.5 Å². The number of hydrogen-bond acceptors (Lipinski definition) is 1. The largest absolute Gasteiger partial charge is 0.299 e. The van der Waals surface area contributed by atoms with Crippen LogP contribution >= 0.6 is 11.6 Å². The van der Waals surface area contributed by atoms with Gasteiger partial charge >= 0.3 is 0 Å². The highest BCUT2D eigenvalue weighted by atomic mass is 35.5. The standard InChI is InChI=1S/C18H19ClO/c19-16-3-1-12(2-4-16)5-6-18-9-13-7-14(10-18)17(20)15(8-13)11-18/h1-6,13-15H,7-11H2/b6-5+/t13?,14-,15+,18?. The normalized spacial score (nSPS) is 38.9. The lowest BCUT2D eigenvalue weighted by atomic mass is 9.49. The third kappa shape index (κ3) is 2.03. The molecule has 1 aromatic carbocycles. The number of halogens is 1. The van der Waals surface area contributed by atoms with Crippen molar-refractivity contribution in [1.29, 1.82) is 0 Å². The van der Waals surface area contributed by atoms with Crippen molar-refractivity contribution in [2.24, 2.45) is 23.2 Å². The van der Waals surface area contributed by atoms with E-state index in [0.29, 0.717) is 23.0 Å².